The molecule has 1 heterocycles. The van der Waals surface area contributed by atoms with Crippen LogP contribution in [-0.2, 0) is 18.3 Å². The summed E-state index contributed by atoms with van der Waals surface area (Å²) < 4.78 is 0. The first-order chi connectivity index (χ1) is 11.8. The molecule has 0 bridgehead atoms. The molecule has 24 heavy (non-hydrogen) atoms. The number of likely N-dealkylation sites (tertiary alicyclic amines) is 1. The summed E-state index contributed by atoms with van der Waals surface area (Å²) in [6.45, 7) is 2.66. The molecule has 1 aliphatic heterocycles. The van der Waals surface area contributed by atoms with Crippen molar-refractivity contribution >= 4 is 0 Å². The third kappa shape index (κ3) is 2.33. The fraction of sp³-hybridized carbons (Fsp3) is 0.478. The number of fused-ring (bicyclic) bond motifs is 3. The average molecular weight is 317 g/mol. The summed E-state index contributed by atoms with van der Waals surface area (Å²) in [4.78, 5) is 2.79. The van der Waals surface area contributed by atoms with Crippen molar-refractivity contribution in [1.82, 2.24) is 4.90 Å². The van der Waals surface area contributed by atoms with Crippen LogP contribution in [0.25, 0.3) is 0 Å². The SMILES string of the molecule is c1ccc2c(c1)Cc1ccccc1C1(CCC(N3CCCC3)C1)C2. The lowest BCUT2D eigenvalue weighted by Crippen LogP contribution is -2.34. The van der Waals surface area contributed by atoms with Gasteiger partial charge in [-0.25, -0.2) is 0 Å². The van der Waals surface area contributed by atoms with Gasteiger partial charge in [0.15, 0.2) is 0 Å². The van der Waals surface area contributed by atoms with E-state index in [1.54, 1.807) is 22.3 Å². The molecule has 2 atom stereocenters. The van der Waals surface area contributed by atoms with E-state index in [1.807, 2.05) is 0 Å². The van der Waals surface area contributed by atoms with Gasteiger partial charge >= 0.3 is 0 Å². The lowest BCUT2D eigenvalue weighted by Gasteiger charge is -2.32. The summed E-state index contributed by atoms with van der Waals surface area (Å²) in [6, 6.07) is 19.3. The summed E-state index contributed by atoms with van der Waals surface area (Å²) in [5.41, 5.74) is 6.74. The summed E-state index contributed by atoms with van der Waals surface area (Å²) in [5, 5.41) is 0. The van der Waals surface area contributed by atoms with Crippen molar-refractivity contribution in [2.75, 3.05) is 13.1 Å². The Kier molecular flexibility index (Phi) is 3.52. The predicted octanol–water partition coefficient (Wildman–Crippen LogP) is 4.72. The smallest absolute Gasteiger partial charge is 0.0104 e. The van der Waals surface area contributed by atoms with Crippen LogP contribution in [0, 0.1) is 0 Å². The summed E-state index contributed by atoms with van der Waals surface area (Å²) in [7, 11) is 0. The minimum atomic E-state index is 0.371. The van der Waals surface area contributed by atoms with Gasteiger partial charge in [-0.1, -0.05) is 48.5 Å². The number of hydrogen-bond donors (Lipinski definition) is 0. The van der Waals surface area contributed by atoms with Crippen LogP contribution in [0.3, 0.4) is 0 Å². The Morgan fingerprint density at radius 2 is 1.54 bits per heavy atom. The van der Waals surface area contributed by atoms with Crippen LogP contribution < -0.4 is 0 Å². The molecule has 5 rings (SSSR count). The Balaban J connectivity index is 1.57. The zero-order valence-corrected chi connectivity index (χ0v) is 14.5. The number of hydrogen-bond acceptors (Lipinski definition) is 1. The molecule has 1 saturated carbocycles. The highest BCUT2D eigenvalue weighted by atomic mass is 15.2. The first kappa shape index (κ1) is 14.7. The molecule has 0 amide bonds. The third-order valence-corrected chi connectivity index (χ3v) is 6.86. The molecule has 0 aromatic heterocycles. The molecule has 2 aromatic carbocycles. The van der Waals surface area contributed by atoms with E-state index in [9.17, 15) is 0 Å². The fourth-order valence-electron chi connectivity index (χ4n) is 5.68. The van der Waals surface area contributed by atoms with E-state index in [0.29, 0.717) is 5.41 Å². The second kappa shape index (κ2) is 5.74. The molecule has 1 saturated heterocycles. The van der Waals surface area contributed by atoms with E-state index >= 15 is 0 Å². The van der Waals surface area contributed by atoms with E-state index in [-0.39, 0.29) is 0 Å². The number of nitrogens with zero attached hydrogens (tertiary/aromatic N) is 1. The summed E-state index contributed by atoms with van der Waals surface area (Å²) in [5.74, 6) is 0. The van der Waals surface area contributed by atoms with Gasteiger partial charge in [0.2, 0.25) is 0 Å². The van der Waals surface area contributed by atoms with Gasteiger partial charge < -0.3 is 4.90 Å². The van der Waals surface area contributed by atoms with Crippen molar-refractivity contribution in [3.8, 4) is 0 Å². The van der Waals surface area contributed by atoms with Gasteiger partial charge in [-0.15, -0.1) is 0 Å². The molecule has 124 valence electrons. The Bertz CT molecular complexity index is 743. The fourth-order valence-corrected chi connectivity index (χ4v) is 5.68. The summed E-state index contributed by atoms with van der Waals surface area (Å²) in [6.07, 6.45) is 9.27. The van der Waals surface area contributed by atoms with E-state index in [2.05, 4.69) is 53.4 Å². The molecule has 3 aliphatic rings. The van der Waals surface area contributed by atoms with Crippen molar-refractivity contribution in [2.45, 2.75) is 56.4 Å². The highest BCUT2D eigenvalue weighted by Crippen LogP contribution is 2.49. The monoisotopic (exact) mass is 317 g/mol. The van der Waals surface area contributed by atoms with Crippen LogP contribution in [0.5, 0.6) is 0 Å². The van der Waals surface area contributed by atoms with Crippen LogP contribution >= 0.6 is 0 Å². The predicted molar refractivity (Wildman–Crippen MR) is 99.5 cm³/mol. The normalized spacial score (nSPS) is 29.4. The van der Waals surface area contributed by atoms with Crippen LogP contribution in [0.1, 0.15) is 54.4 Å². The minimum absolute atomic E-state index is 0.371. The third-order valence-electron chi connectivity index (χ3n) is 6.86. The van der Waals surface area contributed by atoms with E-state index in [1.165, 1.54) is 51.6 Å². The highest BCUT2D eigenvalue weighted by molar-refractivity contribution is 5.46. The number of rotatable bonds is 1. The standard InChI is InChI=1S/C23H27N/c1-2-9-20-16-23(12-11-21(17-23)24-13-5-6-14-24)22-10-4-3-8-19(22)15-18(20)7-1/h1-4,7-10,21H,5-6,11-17H2. The van der Waals surface area contributed by atoms with Gasteiger partial charge in [0.25, 0.3) is 0 Å². The molecule has 2 fully saturated rings. The van der Waals surface area contributed by atoms with Crippen molar-refractivity contribution in [3.63, 3.8) is 0 Å². The van der Waals surface area contributed by atoms with Crippen molar-refractivity contribution < 1.29 is 0 Å². The zero-order chi connectivity index (χ0) is 16.0. The van der Waals surface area contributed by atoms with Gasteiger partial charge in [-0.3, -0.25) is 0 Å². The largest absolute Gasteiger partial charge is 0.300 e. The van der Waals surface area contributed by atoms with Crippen LogP contribution in [0.15, 0.2) is 48.5 Å². The Labute approximate surface area is 145 Å². The quantitative estimate of drug-likeness (QED) is 0.735. The maximum absolute atomic E-state index is 2.79. The molecule has 1 nitrogen and oxygen atoms in total. The van der Waals surface area contributed by atoms with Gasteiger partial charge in [0, 0.05) is 11.5 Å². The molecule has 0 N–H and O–H groups in total. The first-order valence-electron chi connectivity index (χ1n) is 9.73. The zero-order valence-electron chi connectivity index (χ0n) is 14.5. The van der Waals surface area contributed by atoms with Gasteiger partial charge in [0.05, 0.1) is 0 Å². The second-order valence-corrected chi connectivity index (χ2v) is 8.20. The van der Waals surface area contributed by atoms with E-state index in [4.69, 9.17) is 0 Å². The lowest BCUT2D eigenvalue weighted by molar-refractivity contribution is 0.235. The second-order valence-electron chi connectivity index (χ2n) is 8.20. The Morgan fingerprint density at radius 1 is 0.833 bits per heavy atom. The molecule has 2 aliphatic carbocycles. The van der Waals surface area contributed by atoms with Gasteiger partial charge in [-0.05, 0) is 80.3 Å². The molecule has 2 aromatic rings. The molecule has 1 heteroatoms. The first-order valence-corrected chi connectivity index (χ1v) is 9.73. The van der Waals surface area contributed by atoms with E-state index in [0.717, 1.165) is 12.5 Å². The van der Waals surface area contributed by atoms with Gasteiger partial charge in [0.1, 0.15) is 0 Å². The lowest BCUT2D eigenvalue weighted by atomic mass is 9.73. The molecule has 2 unspecified atom stereocenters. The van der Waals surface area contributed by atoms with Crippen molar-refractivity contribution in [3.05, 3.63) is 70.8 Å². The summed E-state index contributed by atoms with van der Waals surface area (Å²) >= 11 is 0. The van der Waals surface area contributed by atoms with Crippen LogP contribution in [-0.4, -0.2) is 24.0 Å². The Hall–Kier alpha value is -1.60. The van der Waals surface area contributed by atoms with Gasteiger partial charge in [-0.2, -0.15) is 0 Å². The topological polar surface area (TPSA) is 3.24 Å². The molecular weight excluding hydrogens is 290 g/mol. The van der Waals surface area contributed by atoms with Crippen molar-refractivity contribution in [2.24, 2.45) is 0 Å². The number of benzene rings is 2. The average Bonchev–Trinajstić information content (AvgIpc) is 3.24. The van der Waals surface area contributed by atoms with Crippen LogP contribution in [0.2, 0.25) is 0 Å². The maximum Gasteiger partial charge on any atom is 0.0104 e. The molecule has 0 radical (unpaired) electrons. The minimum Gasteiger partial charge on any atom is -0.300 e. The van der Waals surface area contributed by atoms with E-state index < -0.39 is 0 Å². The molecule has 1 spiro atoms. The Morgan fingerprint density at radius 3 is 2.38 bits per heavy atom. The van der Waals surface area contributed by atoms with Crippen LogP contribution in [0.4, 0.5) is 0 Å². The highest BCUT2D eigenvalue weighted by Gasteiger charge is 2.44. The molecular formula is C23H27N. The van der Waals surface area contributed by atoms with Crippen molar-refractivity contribution in [1.29, 1.82) is 0 Å². The maximum atomic E-state index is 2.79.